The molecule has 1 amide bonds. The Kier molecular flexibility index (Phi) is 6.81. The molecule has 0 heterocycles. The van der Waals surface area contributed by atoms with Crippen LogP contribution in [-0.2, 0) is 16.0 Å². The summed E-state index contributed by atoms with van der Waals surface area (Å²) in [6.07, 6.45) is 0.485. The highest BCUT2D eigenvalue weighted by Gasteiger charge is 2.19. The molecule has 2 aromatic carbocycles. The van der Waals surface area contributed by atoms with Gasteiger partial charge in [0.15, 0.2) is 6.61 Å². The average Bonchev–Trinajstić information content (AvgIpc) is 2.67. The average molecular weight is 376 g/mol. The lowest BCUT2D eigenvalue weighted by molar-refractivity contribution is -0.384. The van der Waals surface area contributed by atoms with Crippen LogP contribution in [0.25, 0.3) is 0 Å². The summed E-state index contributed by atoms with van der Waals surface area (Å²) >= 11 is 0. The first kappa shape index (κ1) is 19.8. The van der Waals surface area contributed by atoms with Crippen molar-refractivity contribution in [2.75, 3.05) is 20.3 Å². The van der Waals surface area contributed by atoms with Crippen molar-refractivity contribution in [2.24, 2.45) is 0 Å². The molecule has 8 nitrogen and oxygen atoms in total. The van der Waals surface area contributed by atoms with Crippen molar-refractivity contribution in [3.05, 3.63) is 69.5 Å². The number of nitro groups is 1. The lowest BCUT2D eigenvalue weighted by atomic mass is 10.1. The second kappa shape index (κ2) is 9.27. The number of rotatable bonds is 8. The maximum absolute atomic E-state index is 12.8. The number of carbonyl (C=O) groups excluding carboxylic acids is 2. The van der Waals surface area contributed by atoms with E-state index in [1.165, 1.54) is 31.4 Å². The fraction of sp³-hybridized carbons (Fsp3) is 0.222. The number of nitro benzene ring substituents is 1. The van der Waals surface area contributed by atoms with Crippen LogP contribution in [0.4, 0.5) is 10.1 Å². The molecule has 0 fully saturated rings. The van der Waals surface area contributed by atoms with Crippen molar-refractivity contribution >= 4 is 17.6 Å². The summed E-state index contributed by atoms with van der Waals surface area (Å²) < 4.78 is 22.7. The van der Waals surface area contributed by atoms with E-state index in [1.54, 1.807) is 12.1 Å². The zero-order chi connectivity index (χ0) is 19.8. The van der Waals surface area contributed by atoms with Gasteiger partial charge in [-0.15, -0.1) is 0 Å². The molecule has 2 rings (SSSR count). The summed E-state index contributed by atoms with van der Waals surface area (Å²) in [4.78, 5) is 34.0. The first-order valence-electron chi connectivity index (χ1n) is 7.91. The third-order valence-electron chi connectivity index (χ3n) is 3.60. The monoisotopic (exact) mass is 376 g/mol. The van der Waals surface area contributed by atoms with E-state index >= 15 is 0 Å². The van der Waals surface area contributed by atoms with Crippen LogP contribution in [0.3, 0.4) is 0 Å². The van der Waals surface area contributed by atoms with E-state index in [0.29, 0.717) is 6.42 Å². The second-order valence-corrected chi connectivity index (χ2v) is 5.44. The van der Waals surface area contributed by atoms with Gasteiger partial charge in [0, 0.05) is 18.7 Å². The van der Waals surface area contributed by atoms with E-state index in [0.717, 1.165) is 11.6 Å². The Labute approximate surface area is 154 Å². The van der Waals surface area contributed by atoms with Crippen LogP contribution in [0.2, 0.25) is 0 Å². The first-order chi connectivity index (χ1) is 12.9. The van der Waals surface area contributed by atoms with Gasteiger partial charge in [-0.1, -0.05) is 12.1 Å². The highest BCUT2D eigenvalue weighted by molar-refractivity contribution is 5.94. The molecule has 0 saturated heterocycles. The van der Waals surface area contributed by atoms with Gasteiger partial charge in [0.1, 0.15) is 17.1 Å². The lowest BCUT2D eigenvalue weighted by Crippen LogP contribution is -2.30. The van der Waals surface area contributed by atoms with Gasteiger partial charge in [0.2, 0.25) is 0 Å². The largest absolute Gasteiger partial charge is 0.496 e. The standard InChI is InChI=1S/C18H17FN2O6/c1-26-16-7-6-14(21(24)25)10-15(16)18(23)27-11-17(22)20-9-8-12-2-4-13(19)5-3-12/h2-7,10H,8-9,11H2,1H3,(H,20,22). The molecule has 0 aliphatic rings. The Bertz CT molecular complexity index is 838. The van der Waals surface area contributed by atoms with Crippen LogP contribution in [0.15, 0.2) is 42.5 Å². The van der Waals surface area contributed by atoms with Crippen LogP contribution >= 0.6 is 0 Å². The minimum absolute atomic E-state index is 0.0994. The normalized spacial score (nSPS) is 10.1. The Hall–Kier alpha value is -3.49. The quantitative estimate of drug-likeness (QED) is 0.430. The van der Waals surface area contributed by atoms with Crippen LogP contribution in [0, 0.1) is 15.9 Å². The molecule has 9 heteroatoms. The molecule has 0 aliphatic carbocycles. The molecule has 0 spiro atoms. The van der Waals surface area contributed by atoms with Crippen LogP contribution in [-0.4, -0.2) is 37.1 Å². The van der Waals surface area contributed by atoms with Crippen molar-refractivity contribution < 1.29 is 28.4 Å². The van der Waals surface area contributed by atoms with Crippen molar-refractivity contribution in [3.63, 3.8) is 0 Å². The van der Waals surface area contributed by atoms with Gasteiger partial charge in [-0.05, 0) is 30.2 Å². The van der Waals surface area contributed by atoms with Crippen LogP contribution < -0.4 is 10.1 Å². The molecule has 0 atom stereocenters. The number of esters is 1. The molecule has 1 N–H and O–H groups in total. The van der Waals surface area contributed by atoms with Gasteiger partial charge < -0.3 is 14.8 Å². The minimum atomic E-state index is -0.913. The van der Waals surface area contributed by atoms with Crippen molar-refractivity contribution in [3.8, 4) is 5.75 Å². The molecule has 0 aromatic heterocycles. The predicted octanol–water partition coefficient (Wildman–Crippen LogP) is 2.26. The summed E-state index contributed by atoms with van der Waals surface area (Å²) in [6, 6.07) is 9.35. The number of nitrogens with zero attached hydrogens (tertiary/aromatic N) is 1. The van der Waals surface area contributed by atoms with E-state index in [9.17, 15) is 24.1 Å². The topological polar surface area (TPSA) is 108 Å². The second-order valence-electron chi connectivity index (χ2n) is 5.44. The summed E-state index contributed by atoms with van der Waals surface area (Å²) in [5.74, 6) is -1.69. The zero-order valence-electron chi connectivity index (χ0n) is 14.4. The van der Waals surface area contributed by atoms with E-state index in [4.69, 9.17) is 9.47 Å². The smallest absolute Gasteiger partial charge is 0.342 e. The number of methoxy groups -OCH3 is 1. The number of ether oxygens (including phenoxy) is 2. The molecule has 0 unspecified atom stereocenters. The van der Waals surface area contributed by atoms with Crippen molar-refractivity contribution in [1.29, 1.82) is 0 Å². The Morgan fingerprint density at radius 2 is 1.89 bits per heavy atom. The van der Waals surface area contributed by atoms with Gasteiger partial charge >= 0.3 is 5.97 Å². The molecular weight excluding hydrogens is 359 g/mol. The Balaban J connectivity index is 1.85. The summed E-state index contributed by atoms with van der Waals surface area (Å²) in [6.45, 7) is -0.268. The molecule has 27 heavy (non-hydrogen) atoms. The van der Waals surface area contributed by atoms with Crippen molar-refractivity contribution in [1.82, 2.24) is 5.32 Å². The number of benzene rings is 2. The van der Waals surface area contributed by atoms with Crippen molar-refractivity contribution in [2.45, 2.75) is 6.42 Å². The SMILES string of the molecule is COc1ccc([N+](=O)[O-])cc1C(=O)OCC(=O)NCCc1ccc(F)cc1. The van der Waals surface area contributed by atoms with E-state index in [-0.39, 0.29) is 29.4 Å². The van der Waals surface area contributed by atoms with Crippen LogP contribution in [0.1, 0.15) is 15.9 Å². The predicted molar refractivity (Wildman–Crippen MR) is 93.0 cm³/mol. The molecule has 0 bridgehead atoms. The summed E-state index contributed by atoms with van der Waals surface area (Å²) in [5, 5.41) is 13.4. The highest BCUT2D eigenvalue weighted by Crippen LogP contribution is 2.24. The third kappa shape index (κ3) is 5.77. The maximum Gasteiger partial charge on any atom is 0.342 e. The first-order valence-corrected chi connectivity index (χ1v) is 7.91. The number of hydrogen-bond acceptors (Lipinski definition) is 6. The van der Waals surface area contributed by atoms with Gasteiger partial charge in [-0.2, -0.15) is 0 Å². The Morgan fingerprint density at radius 3 is 2.52 bits per heavy atom. The van der Waals surface area contributed by atoms with Gasteiger partial charge in [0.05, 0.1) is 12.0 Å². The van der Waals surface area contributed by atoms with Crippen LogP contribution in [0.5, 0.6) is 5.75 Å². The van der Waals surface area contributed by atoms with E-state index in [2.05, 4.69) is 5.32 Å². The number of non-ortho nitro benzene ring substituents is 1. The highest BCUT2D eigenvalue weighted by atomic mass is 19.1. The fourth-order valence-electron chi connectivity index (χ4n) is 2.23. The number of halogens is 1. The zero-order valence-corrected chi connectivity index (χ0v) is 14.4. The maximum atomic E-state index is 12.8. The Morgan fingerprint density at radius 1 is 1.19 bits per heavy atom. The molecule has 0 aliphatic heterocycles. The molecule has 0 saturated carbocycles. The van der Waals surface area contributed by atoms with E-state index in [1.807, 2.05) is 0 Å². The van der Waals surface area contributed by atoms with Gasteiger partial charge in [-0.25, -0.2) is 9.18 Å². The number of amides is 1. The van der Waals surface area contributed by atoms with E-state index < -0.39 is 23.4 Å². The fourth-order valence-corrected chi connectivity index (χ4v) is 2.23. The third-order valence-corrected chi connectivity index (χ3v) is 3.60. The number of hydrogen-bond donors (Lipinski definition) is 1. The molecule has 2 aromatic rings. The number of carbonyl (C=O) groups is 2. The minimum Gasteiger partial charge on any atom is -0.496 e. The van der Waals surface area contributed by atoms with Gasteiger partial charge in [0.25, 0.3) is 11.6 Å². The number of nitrogens with one attached hydrogen (secondary N) is 1. The molecule has 0 radical (unpaired) electrons. The summed E-state index contributed by atoms with van der Waals surface area (Å²) in [5.41, 5.74) is 0.396. The summed E-state index contributed by atoms with van der Waals surface area (Å²) in [7, 11) is 1.31. The molecule has 142 valence electrons. The van der Waals surface area contributed by atoms with Gasteiger partial charge in [-0.3, -0.25) is 14.9 Å². The molecular formula is C18H17FN2O6. The lowest BCUT2D eigenvalue weighted by Gasteiger charge is -2.09.